The number of hydrogen-bond donors (Lipinski definition) is 1. The summed E-state index contributed by atoms with van der Waals surface area (Å²) in [4.78, 5) is 14.4. The minimum absolute atomic E-state index is 0.0135. The van der Waals surface area contributed by atoms with Gasteiger partial charge < -0.3 is 14.3 Å². The topological polar surface area (TPSA) is 122 Å². The lowest BCUT2D eigenvalue weighted by Gasteiger charge is -2.07. The molecular formula is C16H15N3O5. The van der Waals surface area contributed by atoms with E-state index in [-0.39, 0.29) is 18.2 Å². The zero-order valence-corrected chi connectivity index (χ0v) is 13.4. The van der Waals surface area contributed by atoms with Gasteiger partial charge in [-0.2, -0.15) is 5.26 Å². The molecule has 0 atom stereocenters. The van der Waals surface area contributed by atoms with Gasteiger partial charge >= 0.3 is 5.69 Å². The van der Waals surface area contributed by atoms with Crippen LogP contribution in [0.4, 0.5) is 11.6 Å². The van der Waals surface area contributed by atoms with Crippen LogP contribution in [0.3, 0.4) is 0 Å². The van der Waals surface area contributed by atoms with E-state index in [0.29, 0.717) is 22.5 Å². The molecule has 2 aromatic rings. The average molecular weight is 329 g/mol. The van der Waals surface area contributed by atoms with E-state index in [1.165, 1.54) is 12.3 Å². The van der Waals surface area contributed by atoms with E-state index in [2.05, 4.69) is 4.99 Å². The van der Waals surface area contributed by atoms with E-state index in [9.17, 15) is 15.2 Å². The average Bonchev–Trinajstić information content (AvgIpc) is 2.81. The Balaban J connectivity index is 2.48. The maximum Gasteiger partial charge on any atom is 0.315 e. The standard InChI is InChI=1S/C16H15N3O5/c1-4-23-14-6-11(5-13(15(14)20)19(21)22)8-18-16-12(7-17)9(2)10(3)24-16/h5-6,8,20H,4H2,1-3H3/b18-8+. The van der Waals surface area contributed by atoms with E-state index < -0.39 is 16.4 Å². The summed E-state index contributed by atoms with van der Waals surface area (Å²) < 4.78 is 10.6. The molecule has 1 N–H and O–H groups in total. The van der Waals surface area contributed by atoms with Gasteiger partial charge in [0, 0.05) is 23.4 Å². The molecule has 8 heteroatoms. The maximum atomic E-state index is 11.0. The first-order chi connectivity index (χ1) is 11.4. The molecule has 2 rings (SSSR count). The molecule has 0 aliphatic carbocycles. The smallest absolute Gasteiger partial charge is 0.315 e. The summed E-state index contributed by atoms with van der Waals surface area (Å²) in [5.41, 5.74) is 0.840. The van der Waals surface area contributed by atoms with E-state index in [1.54, 1.807) is 20.8 Å². The second-order valence-electron chi connectivity index (χ2n) is 4.91. The Morgan fingerprint density at radius 2 is 2.21 bits per heavy atom. The fraction of sp³-hybridized carbons (Fsp3) is 0.250. The lowest BCUT2D eigenvalue weighted by molar-refractivity contribution is -0.386. The van der Waals surface area contributed by atoms with Crippen molar-refractivity contribution < 1.29 is 19.2 Å². The van der Waals surface area contributed by atoms with Crippen molar-refractivity contribution in [2.45, 2.75) is 20.8 Å². The van der Waals surface area contributed by atoms with Crippen molar-refractivity contribution in [1.82, 2.24) is 0 Å². The highest BCUT2D eigenvalue weighted by Crippen LogP contribution is 2.37. The molecule has 8 nitrogen and oxygen atoms in total. The van der Waals surface area contributed by atoms with E-state index in [4.69, 9.17) is 14.4 Å². The number of nitro groups is 1. The Morgan fingerprint density at radius 3 is 2.79 bits per heavy atom. The van der Waals surface area contributed by atoms with Crippen molar-refractivity contribution in [3.8, 4) is 17.6 Å². The number of aliphatic imine (C=N–C) groups is 1. The van der Waals surface area contributed by atoms with Gasteiger partial charge in [-0.15, -0.1) is 0 Å². The first-order valence-electron chi connectivity index (χ1n) is 7.07. The molecule has 0 radical (unpaired) electrons. The molecule has 0 unspecified atom stereocenters. The fourth-order valence-electron chi connectivity index (χ4n) is 2.06. The van der Waals surface area contributed by atoms with Gasteiger partial charge in [-0.05, 0) is 26.8 Å². The zero-order valence-electron chi connectivity index (χ0n) is 13.4. The molecule has 0 aliphatic rings. The number of rotatable bonds is 5. The molecule has 24 heavy (non-hydrogen) atoms. The van der Waals surface area contributed by atoms with Crippen LogP contribution in [0.25, 0.3) is 0 Å². The zero-order chi connectivity index (χ0) is 17.9. The van der Waals surface area contributed by atoms with Crippen LogP contribution >= 0.6 is 0 Å². The number of nitriles is 1. The van der Waals surface area contributed by atoms with Crippen molar-refractivity contribution in [3.05, 3.63) is 44.7 Å². The fourth-order valence-corrected chi connectivity index (χ4v) is 2.06. The Labute approximate surface area is 137 Å². The number of benzene rings is 1. The number of furan rings is 1. The summed E-state index contributed by atoms with van der Waals surface area (Å²) in [6, 6.07) is 4.59. The Hall–Kier alpha value is -3.34. The van der Waals surface area contributed by atoms with Crippen molar-refractivity contribution in [3.63, 3.8) is 0 Å². The molecule has 1 heterocycles. The number of aryl methyl sites for hydroxylation is 1. The number of nitro benzene ring substituents is 1. The Morgan fingerprint density at radius 1 is 1.50 bits per heavy atom. The van der Waals surface area contributed by atoms with Gasteiger partial charge in [0.25, 0.3) is 0 Å². The number of ether oxygens (including phenoxy) is 1. The van der Waals surface area contributed by atoms with Gasteiger partial charge in [0.15, 0.2) is 5.75 Å². The van der Waals surface area contributed by atoms with Crippen LogP contribution in [-0.2, 0) is 0 Å². The van der Waals surface area contributed by atoms with Gasteiger partial charge in [-0.3, -0.25) is 10.1 Å². The van der Waals surface area contributed by atoms with Gasteiger partial charge in [0.1, 0.15) is 17.4 Å². The van der Waals surface area contributed by atoms with Crippen LogP contribution in [0.15, 0.2) is 21.5 Å². The van der Waals surface area contributed by atoms with Crippen molar-refractivity contribution in [2.24, 2.45) is 4.99 Å². The minimum atomic E-state index is -0.711. The summed E-state index contributed by atoms with van der Waals surface area (Å²) in [6.45, 7) is 5.39. The van der Waals surface area contributed by atoms with Crippen molar-refractivity contribution in [1.29, 1.82) is 5.26 Å². The molecule has 124 valence electrons. The van der Waals surface area contributed by atoms with Crippen molar-refractivity contribution in [2.75, 3.05) is 6.61 Å². The van der Waals surface area contributed by atoms with Gasteiger partial charge in [-0.1, -0.05) is 0 Å². The van der Waals surface area contributed by atoms with Crippen LogP contribution in [0, 0.1) is 35.3 Å². The summed E-state index contributed by atoms with van der Waals surface area (Å²) in [5.74, 6) is 0.147. The second kappa shape index (κ2) is 6.83. The SMILES string of the molecule is CCOc1cc(/C=N/c2oc(C)c(C)c2C#N)cc([N+](=O)[O-])c1O. The van der Waals surface area contributed by atoms with Gasteiger partial charge in [0.2, 0.25) is 11.6 Å². The summed E-state index contributed by atoms with van der Waals surface area (Å²) in [7, 11) is 0. The normalized spacial score (nSPS) is 10.8. The van der Waals surface area contributed by atoms with E-state index >= 15 is 0 Å². The van der Waals surface area contributed by atoms with E-state index in [1.807, 2.05) is 6.07 Å². The Kier molecular flexibility index (Phi) is 4.84. The number of hydrogen-bond acceptors (Lipinski definition) is 7. The minimum Gasteiger partial charge on any atom is -0.500 e. The molecule has 0 saturated carbocycles. The third-order valence-corrected chi connectivity index (χ3v) is 3.38. The molecule has 0 aliphatic heterocycles. The second-order valence-corrected chi connectivity index (χ2v) is 4.91. The highest BCUT2D eigenvalue weighted by molar-refractivity contribution is 5.85. The predicted octanol–water partition coefficient (Wildman–Crippen LogP) is 3.53. The highest BCUT2D eigenvalue weighted by Gasteiger charge is 2.20. The molecule has 0 spiro atoms. The largest absolute Gasteiger partial charge is 0.500 e. The molecule has 0 saturated heterocycles. The third-order valence-electron chi connectivity index (χ3n) is 3.38. The van der Waals surface area contributed by atoms with Crippen LogP contribution in [0.2, 0.25) is 0 Å². The number of aromatic hydroxyl groups is 1. The molecule has 1 aromatic carbocycles. The van der Waals surface area contributed by atoms with E-state index in [0.717, 1.165) is 6.07 Å². The number of phenolic OH excluding ortho intramolecular Hbond substituents is 1. The molecule has 0 bridgehead atoms. The lowest BCUT2D eigenvalue weighted by atomic mass is 10.1. The van der Waals surface area contributed by atoms with Crippen LogP contribution in [-0.4, -0.2) is 22.9 Å². The molecule has 0 amide bonds. The predicted molar refractivity (Wildman–Crippen MR) is 86.1 cm³/mol. The Bertz CT molecular complexity index is 862. The lowest BCUT2D eigenvalue weighted by Crippen LogP contribution is -1.97. The van der Waals surface area contributed by atoms with Gasteiger partial charge in [-0.25, -0.2) is 4.99 Å². The van der Waals surface area contributed by atoms with Crippen LogP contribution in [0.1, 0.15) is 29.4 Å². The summed E-state index contributed by atoms with van der Waals surface area (Å²) >= 11 is 0. The molecule has 1 aromatic heterocycles. The number of nitrogens with zero attached hydrogens (tertiary/aromatic N) is 3. The summed E-state index contributed by atoms with van der Waals surface area (Å²) in [5, 5.41) is 30.0. The van der Waals surface area contributed by atoms with Crippen LogP contribution in [0.5, 0.6) is 11.5 Å². The third kappa shape index (κ3) is 3.20. The quantitative estimate of drug-likeness (QED) is 0.508. The van der Waals surface area contributed by atoms with Crippen molar-refractivity contribution >= 4 is 17.8 Å². The van der Waals surface area contributed by atoms with Crippen LogP contribution < -0.4 is 4.74 Å². The first kappa shape index (κ1) is 17.0. The number of phenols is 1. The monoisotopic (exact) mass is 329 g/mol. The maximum absolute atomic E-state index is 11.0. The highest BCUT2D eigenvalue weighted by atomic mass is 16.6. The summed E-state index contributed by atoms with van der Waals surface area (Å²) in [6.07, 6.45) is 1.31. The molecule has 0 fully saturated rings. The van der Waals surface area contributed by atoms with Gasteiger partial charge in [0.05, 0.1) is 11.5 Å². The molecular weight excluding hydrogens is 314 g/mol. The first-order valence-corrected chi connectivity index (χ1v) is 7.07.